The molecule has 2 fully saturated rings. The highest BCUT2D eigenvalue weighted by atomic mass is 16.2. The van der Waals surface area contributed by atoms with Gasteiger partial charge < -0.3 is 15.0 Å². The van der Waals surface area contributed by atoms with Gasteiger partial charge in [0.05, 0.1) is 0 Å². The van der Waals surface area contributed by atoms with Crippen LogP contribution in [0.5, 0.6) is 0 Å². The molecule has 146 valence electrons. The third kappa shape index (κ3) is 3.92. The molecule has 1 saturated carbocycles. The van der Waals surface area contributed by atoms with Crippen LogP contribution in [0.15, 0.2) is 24.3 Å². The average Bonchev–Trinajstić information content (AvgIpc) is 2.64. The van der Waals surface area contributed by atoms with Gasteiger partial charge in [-0.2, -0.15) is 0 Å². The molecule has 1 aromatic carbocycles. The molecule has 1 saturated heterocycles. The maximum atomic E-state index is 12.6. The molecule has 0 atom stereocenters. The summed E-state index contributed by atoms with van der Waals surface area (Å²) in [5.41, 5.74) is 1.36. The van der Waals surface area contributed by atoms with Crippen molar-refractivity contribution in [1.82, 2.24) is 10.2 Å². The van der Waals surface area contributed by atoms with Crippen LogP contribution in [-0.2, 0) is 4.79 Å². The van der Waals surface area contributed by atoms with E-state index in [1.807, 2.05) is 0 Å². The van der Waals surface area contributed by atoms with Crippen LogP contribution >= 0.6 is 0 Å². The van der Waals surface area contributed by atoms with E-state index in [0.717, 1.165) is 25.5 Å². The van der Waals surface area contributed by atoms with Gasteiger partial charge in [-0.15, -0.1) is 0 Å². The maximum Gasteiger partial charge on any atom is 0.253 e. The molecule has 1 N–H and O–H groups in total. The smallest absolute Gasteiger partial charge is 0.253 e. The number of benzene rings is 1. The highest BCUT2D eigenvalue weighted by molar-refractivity contribution is 5.98. The number of likely N-dealkylation sites (tertiary alicyclic amines) is 1. The van der Waals surface area contributed by atoms with Crippen LogP contribution in [0.25, 0.3) is 0 Å². The summed E-state index contributed by atoms with van der Waals surface area (Å²) in [4.78, 5) is 37.9. The van der Waals surface area contributed by atoms with Gasteiger partial charge in [0, 0.05) is 36.2 Å². The van der Waals surface area contributed by atoms with Gasteiger partial charge in [-0.3, -0.25) is 9.59 Å². The molecule has 0 aromatic heterocycles. The summed E-state index contributed by atoms with van der Waals surface area (Å²) >= 11 is 0. The van der Waals surface area contributed by atoms with Crippen LogP contribution in [0.3, 0.4) is 0 Å². The van der Waals surface area contributed by atoms with Crippen molar-refractivity contribution >= 4 is 18.1 Å². The lowest BCUT2D eigenvalue weighted by Crippen LogP contribution is -2.63. The summed E-state index contributed by atoms with van der Waals surface area (Å²) in [6.45, 7) is 9.93. The van der Waals surface area contributed by atoms with E-state index in [0.29, 0.717) is 24.2 Å². The van der Waals surface area contributed by atoms with Crippen LogP contribution in [-0.4, -0.2) is 42.1 Å². The molecule has 0 bridgehead atoms. The lowest BCUT2D eigenvalue weighted by molar-refractivity contribution is -0.112. The highest BCUT2D eigenvalue weighted by Crippen LogP contribution is 2.53. The molecule has 1 aliphatic carbocycles. The van der Waals surface area contributed by atoms with E-state index in [9.17, 15) is 14.4 Å². The van der Waals surface area contributed by atoms with Crippen LogP contribution in [0, 0.1) is 16.7 Å². The summed E-state index contributed by atoms with van der Waals surface area (Å²) in [5, 5.41) is 3.17. The first-order valence-electron chi connectivity index (χ1n) is 9.79. The van der Waals surface area contributed by atoms with Gasteiger partial charge >= 0.3 is 0 Å². The number of aldehydes is 1. The fourth-order valence-electron chi connectivity index (χ4n) is 5.10. The normalized spacial score (nSPS) is 22.0. The Morgan fingerprint density at radius 1 is 1.00 bits per heavy atom. The third-order valence-corrected chi connectivity index (χ3v) is 6.16. The first-order chi connectivity index (χ1) is 12.6. The molecule has 5 heteroatoms. The Bertz CT molecular complexity index is 714. The monoisotopic (exact) mass is 370 g/mol. The standard InChI is InChI=1S/C22H30N2O3/c1-21(2)14-22(3,4)20(21)23-18(26)16-5-7-17(8-6-16)19(27)24-11-9-15(13-25)10-12-24/h5-8,13,15,20H,9-12,14H2,1-4H3,(H,23,26). The maximum absolute atomic E-state index is 12.6. The number of hydrogen-bond donors (Lipinski definition) is 1. The number of hydrogen-bond acceptors (Lipinski definition) is 3. The van der Waals surface area contributed by atoms with Gasteiger partial charge in [0.15, 0.2) is 0 Å². The lowest BCUT2D eigenvalue weighted by Gasteiger charge is -2.57. The van der Waals surface area contributed by atoms with Gasteiger partial charge in [0.25, 0.3) is 11.8 Å². The first kappa shape index (κ1) is 19.6. The van der Waals surface area contributed by atoms with E-state index in [4.69, 9.17) is 0 Å². The van der Waals surface area contributed by atoms with Crippen LogP contribution in [0.2, 0.25) is 0 Å². The summed E-state index contributed by atoms with van der Waals surface area (Å²) in [5.74, 6) is -0.0562. The SMILES string of the molecule is CC1(C)CC(C)(C)C1NC(=O)c1ccc(C(=O)N2CCC(C=O)CC2)cc1. The Hall–Kier alpha value is -2.17. The summed E-state index contributed by atoms with van der Waals surface area (Å²) in [6, 6.07) is 7.02. The van der Waals surface area contributed by atoms with Gasteiger partial charge in [0.1, 0.15) is 6.29 Å². The second-order valence-corrected chi connectivity index (χ2v) is 9.40. The van der Waals surface area contributed by atoms with Crippen LogP contribution < -0.4 is 5.32 Å². The minimum Gasteiger partial charge on any atom is -0.348 e. The predicted octanol–water partition coefficient (Wildman–Crippen LogP) is 3.29. The molecular weight excluding hydrogens is 340 g/mol. The molecule has 2 amide bonds. The average molecular weight is 370 g/mol. The van der Waals surface area contributed by atoms with Crippen molar-refractivity contribution in [2.45, 2.75) is 53.0 Å². The molecule has 3 rings (SSSR count). The van der Waals surface area contributed by atoms with E-state index in [1.165, 1.54) is 0 Å². The Morgan fingerprint density at radius 3 is 2.00 bits per heavy atom. The van der Waals surface area contributed by atoms with Gasteiger partial charge in [0.2, 0.25) is 0 Å². The summed E-state index contributed by atoms with van der Waals surface area (Å²) < 4.78 is 0. The van der Waals surface area contributed by atoms with E-state index < -0.39 is 0 Å². The van der Waals surface area contributed by atoms with E-state index in [1.54, 1.807) is 29.2 Å². The molecule has 0 spiro atoms. The van der Waals surface area contributed by atoms with Gasteiger partial charge in [-0.05, 0) is 54.4 Å². The van der Waals surface area contributed by atoms with Crippen molar-refractivity contribution in [3.8, 4) is 0 Å². The minimum atomic E-state index is -0.0911. The highest BCUT2D eigenvalue weighted by Gasteiger charge is 2.53. The Labute approximate surface area is 161 Å². The number of carbonyl (C=O) groups is 3. The molecule has 1 heterocycles. The summed E-state index contributed by atoms with van der Waals surface area (Å²) in [7, 11) is 0. The van der Waals surface area contributed by atoms with Crippen molar-refractivity contribution in [1.29, 1.82) is 0 Å². The second-order valence-electron chi connectivity index (χ2n) is 9.40. The van der Waals surface area contributed by atoms with Crippen molar-refractivity contribution in [2.24, 2.45) is 16.7 Å². The Kier molecular flexibility index (Phi) is 5.15. The third-order valence-electron chi connectivity index (χ3n) is 6.16. The molecule has 27 heavy (non-hydrogen) atoms. The molecule has 2 aliphatic rings. The molecular formula is C22H30N2O3. The molecule has 1 aliphatic heterocycles. The number of carbonyl (C=O) groups excluding carboxylic acids is 3. The summed E-state index contributed by atoms with van der Waals surface area (Å²) in [6.07, 6.45) is 3.52. The Morgan fingerprint density at radius 2 is 1.52 bits per heavy atom. The van der Waals surface area contributed by atoms with Crippen LogP contribution in [0.4, 0.5) is 0 Å². The van der Waals surface area contributed by atoms with Crippen molar-refractivity contribution in [3.05, 3.63) is 35.4 Å². The number of amides is 2. The minimum absolute atomic E-state index is 0.0347. The molecule has 5 nitrogen and oxygen atoms in total. The van der Waals surface area contributed by atoms with E-state index in [-0.39, 0.29) is 34.6 Å². The number of piperidine rings is 1. The topological polar surface area (TPSA) is 66.5 Å². The van der Waals surface area contributed by atoms with Crippen molar-refractivity contribution in [3.63, 3.8) is 0 Å². The second kappa shape index (κ2) is 7.10. The van der Waals surface area contributed by atoms with Crippen molar-refractivity contribution < 1.29 is 14.4 Å². The molecule has 0 radical (unpaired) electrons. The molecule has 0 unspecified atom stereocenters. The fourth-order valence-corrected chi connectivity index (χ4v) is 5.10. The predicted molar refractivity (Wildman–Crippen MR) is 105 cm³/mol. The number of rotatable bonds is 4. The fraction of sp³-hybridized carbons (Fsp3) is 0.591. The quantitative estimate of drug-likeness (QED) is 0.827. The van der Waals surface area contributed by atoms with E-state index in [2.05, 4.69) is 33.0 Å². The first-order valence-corrected chi connectivity index (χ1v) is 9.79. The number of nitrogens with one attached hydrogen (secondary N) is 1. The zero-order chi connectivity index (χ0) is 19.8. The van der Waals surface area contributed by atoms with Crippen LogP contribution in [0.1, 0.15) is 67.7 Å². The zero-order valence-corrected chi connectivity index (χ0v) is 16.7. The largest absolute Gasteiger partial charge is 0.348 e. The number of nitrogens with zero attached hydrogens (tertiary/aromatic N) is 1. The van der Waals surface area contributed by atoms with Crippen molar-refractivity contribution in [2.75, 3.05) is 13.1 Å². The lowest BCUT2D eigenvalue weighted by atomic mass is 9.52. The van der Waals surface area contributed by atoms with Gasteiger partial charge in [-0.25, -0.2) is 0 Å². The van der Waals surface area contributed by atoms with Gasteiger partial charge in [-0.1, -0.05) is 27.7 Å². The zero-order valence-electron chi connectivity index (χ0n) is 16.7. The molecule has 1 aromatic rings. The van der Waals surface area contributed by atoms with E-state index >= 15 is 0 Å². The Balaban J connectivity index is 1.62.